The third-order valence-corrected chi connectivity index (χ3v) is 4.23. The smallest absolute Gasteiger partial charge is 0.269 e. The fourth-order valence-electron chi connectivity index (χ4n) is 2.30. The van der Waals surface area contributed by atoms with Crippen LogP contribution < -0.4 is 16.3 Å². The zero-order valence-corrected chi connectivity index (χ0v) is 14.9. The van der Waals surface area contributed by atoms with Gasteiger partial charge in [0.15, 0.2) is 11.0 Å². The number of rotatable bonds is 3. The zero-order chi connectivity index (χ0) is 19.4. The van der Waals surface area contributed by atoms with Gasteiger partial charge in [-0.15, -0.1) is 0 Å². The summed E-state index contributed by atoms with van der Waals surface area (Å²) < 4.78 is 5.43. The maximum absolute atomic E-state index is 12.5. The minimum Gasteiger partial charge on any atom is -0.462 e. The van der Waals surface area contributed by atoms with Crippen LogP contribution in [-0.4, -0.2) is 16.8 Å². The number of carbonyl (C=O) groups is 2. The van der Waals surface area contributed by atoms with E-state index in [2.05, 4.69) is 15.8 Å². The van der Waals surface area contributed by atoms with Crippen molar-refractivity contribution >= 4 is 40.5 Å². The summed E-state index contributed by atoms with van der Waals surface area (Å²) >= 11 is 6.14. The van der Waals surface area contributed by atoms with Crippen molar-refractivity contribution in [2.24, 2.45) is 0 Å². The molecule has 0 bridgehead atoms. The Kier molecular flexibility index (Phi) is 5.33. The standard InChI is InChI=1S/C19H14ClN3O4/c1-11-2-4-14-17(25)13(10-27-18(14)16(11)20)3-5-15(24)22-23-19(26)12-6-8-21-9-7-12/h2-10H,1H3,(H,22,24)(H,23,26)/b5-3+. The van der Waals surface area contributed by atoms with Gasteiger partial charge in [0.2, 0.25) is 0 Å². The lowest BCUT2D eigenvalue weighted by molar-refractivity contribution is -0.117. The second-order valence-corrected chi connectivity index (χ2v) is 5.98. The molecule has 0 unspecified atom stereocenters. The van der Waals surface area contributed by atoms with Crippen LogP contribution in [0.25, 0.3) is 17.0 Å². The summed E-state index contributed by atoms with van der Waals surface area (Å²) in [5.74, 6) is -1.10. The van der Waals surface area contributed by atoms with E-state index in [-0.39, 0.29) is 11.0 Å². The molecule has 27 heavy (non-hydrogen) atoms. The number of hydrazine groups is 1. The predicted octanol–water partition coefficient (Wildman–Crippen LogP) is 2.62. The molecule has 2 N–H and O–H groups in total. The maximum atomic E-state index is 12.5. The van der Waals surface area contributed by atoms with Crippen molar-refractivity contribution in [3.63, 3.8) is 0 Å². The van der Waals surface area contributed by atoms with E-state index in [0.29, 0.717) is 21.6 Å². The number of benzene rings is 1. The van der Waals surface area contributed by atoms with Crippen LogP contribution in [0.4, 0.5) is 0 Å². The van der Waals surface area contributed by atoms with Gasteiger partial charge in [0.25, 0.3) is 11.8 Å². The fraction of sp³-hybridized carbons (Fsp3) is 0.0526. The number of hydrogen-bond donors (Lipinski definition) is 2. The van der Waals surface area contributed by atoms with E-state index in [4.69, 9.17) is 16.0 Å². The van der Waals surface area contributed by atoms with Gasteiger partial charge in [0.05, 0.1) is 16.0 Å². The fourth-order valence-corrected chi connectivity index (χ4v) is 2.51. The van der Waals surface area contributed by atoms with Crippen LogP contribution in [0.5, 0.6) is 0 Å². The molecule has 2 aromatic heterocycles. The lowest BCUT2D eigenvalue weighted by Gasteiger charge is -2.05. The minimum atomic E-state index is -0.612. The summed E-state index contributed by atoms with van der Waals surface area (Å²) in [5.41, 5.74) is 5.78. The van der Waals surface area contributed by atoms with Gasteiger partial charge in [-0.2, -0.15) is 0 Å². The topological polar surface area (TPSA) is 101 Å². The Morgan fingerprint density at radius 3 is 2.63 bits per heavy atom. The van der Waals surface area contributed by atoms with E-state index >= 15 is 0 Å². The molecule has 0 aliphatic carbocycles. The molecule has 0 saturated heterocycles. The predicted molar refractivity (Wildman–Crippen MR) is 101 cm³/mol. The van der Waals surface area contributed by atoms with Crippen molar-refractivity contribution in [2.75, 3.05) is 0 Å². The summed E-state index contributed by atoms with van der Waals surface area (Å²) in [6.07, 6.45) is 6.57. The van der Waals surface area contributed by atoms with Gasteiger partial charge in [-0.25, -0.2) is 0 Å². The number of pyridine rings is 1. The first-order chi connectivity index (χ1) is 13.0. The van der Waals surface area contributed by atoms with Crippen molar-refractivity contribution < 1.29 is 14.0 Å². The molecule has 1 aromatic carbocycles. The maximum Gasteiger partial charge on any atom is 0.269 e. The third-order valence-electron chi connectivity index (χ3n) is 3.76. The SMILES string of the molecule is Cc1ccc2c(=O)c(/C=C/C(=O)NNC(=O)c3ccncc3)coc2c1Cl. The lowest BCUT2D eigenvalue weighted by Crippen LogP contribution is -2.40. The van der Waals surface area contributed by atoms with Gasteiger partial charge in [-0.1, -0.05) is 17.7 Å². The molecule has 0 aliphatic heterocycles. The van der Waals surface area contributed by atoms with E-state index in [1.807, 2.05) is 0 Å². The normalized spacial score (nSPS) is 10.9. The highest BCUT2D eigenvalue weighted by Gasteiger charge is 2.10. The number of hydrogen-bond acceptors (Lipinski definition) is 5. The van der Waals surface area contributed by atoms with E-state index in [9.17, 15) is 14.4 Å². The Bertz CT molecular complexity index is 1110. The third kappa shape index (κ3) is 4.04. The second-order valence-electron chi connectivity index (χ2n) is 5.61. The molecule has 0 radical (unpaired) electrons. The Hall–Kier alpha value is -3.45. The van der Waals surface area contributed by atoms with Gasteiger partial charge in [-0.05, 0) is 36.8 Å². The highest BCUT2D eigenvalue weighted by Crippen LogP contribution is 2.25. The Morgan fingerprint density at radius 1 is 1.15 bits per heavy atom. The van der Waals surface area contributed by atoms with Gasteiger partial charge in [0, 0.05) is 24.0 Å². The average Bonchev–Trinajstić information content (AvgIpc) is 2.69. The number of halogens is 1. The molecular formula is C19H14ClN3O4. The van der Waals surface area contributed by atoms with Crippen LogP contribution in [0, 0.1) is 6.92 Å². The van der Waals surface area contributed by atoms with Crippen LogP contribution >= 0.6 is 11.6 Å². The quantitative estimate of drug-likeness (QED) is 0.534. The number of fused-ring (bicyclic) bond motifs is 1. The molecule has 8 heteroatoms. The summed E-state index contributed by atoms with van der Waals surface area (Å²) in [6.45, 7) is 1.81. The zero-order valence-electron chi connectivity index (χ0n) is 14.2. The van der Waals surface area contributed by atoms with E-state index in [1.165, 1.54) is 36.9 Å². The molecule has 7 nitrogen and oxygen atoms in total. The molecule has 2 amide bonds. The number of carbonyl (C=O) groups excluding carboxylic acids is 2. The summed E-state index contributed by atoms with van der Waals surface area (Å²) in [5, 5.41) is 0.691. The molecule has 2 heterocycles. The second kappa shape index (κ2) is 7.84. The van der Waals surface area contributed by atoms with Gasteiger partial charge in [0.1, 0.15) is 6.26 Å². The molecule has 3 aromatic rings. The highest BCUT2D eigenvalue weighted by atomic mass is 35.5. The first-order valence-corrected chi connectivity index (χ1v) is 8.24. The largest absolute Gasteiger partial charge is 0.462 e. The van der Waals surface area contributed by atoms with Crippen molar-refractivity contribution in [1.29, 1.82) is 0 Å². The van der Waals surface area contributed by atoms with Gasteiger partial charge >= 0.3 is 0 Å². The van der Waals surface area contributed by atoms with E-state index in [1.54, 1.807) is 19.1 Å². The minimum absolute atomic E-state index is 0.179. The summed E-state index contributed by atoms with van der Waals surface area (Å²) in [7, 11) is 0. The Labute approximate surface area is 158 Å². The van der Waals surface area contributed by atoms with Crippen LogP contribution in [0.2, 0.25) is 5.02 Å². The van der Waals surface area contributed by atoms with Crippen LogP contribution in [0.1, 0.15) is 21.5 Å². The highest BCUT2D eigenvalue weighted by molar-refractivity contribution is 6.35. The number of nitrogens with one attached hydrogen (secondary N) is 2. The molecule has 0 spiro atoms. The van der Waals surface area contributed by atoms with Crippen molar-refractivity contribution in [3.8, 4) is 0 Å². The first-order valence-electron chi connectivity index (χ1n) is 7.86. The van der Waals surface area contributed by atoms with Crippen LogP contribution in [-0.2, 0) is 4.79 Å². The van der Waals surface area contributed by atoms with E-state index < -0.39 is 11.8 Å². The molecular weight excluding hydrogens is 370 g/mol. The van der Waals surface area contributed by atoms with Gasteiger partial charge in [-0.3, -0.25) is 30.2 Å². The molecule has 0 aliphatic rings. The average molecular weight is 384 g/mol. The van der Waals surface area contributed by atoms with Crippen LogP contribution in [0.15, 0.2) is 58.2 Å². The lowest BCUT2D eigenvalue weighted by atomic mass is 10.1. The van der Waals surface area contributed by atoms with E-state index in [0.717, 1.165) is 11.6 Å². The van der Waals surface area contributed by atoms with Crippen molar-refractivity contribution in [1.82, 2.24) is 15.8 Å². The number of amides is 2. The van der Waals surface area contributed by atoms with Gasteiger partial charge < -0.3 is 4.42 Å². The number of aryl methyl sites for hydroxylation is 1. The van der Waals surface area contributed by atoms with Crippen LogP contribution in [0.3, 0.4) is 0 Å². The van der Waals surface area contributed by atoms with Crippen molar-refractivity contribution in [2.45, 2.75) is 6.92 Å². The molecule has 0 fully saturated rings. The summed E-state index contributed by atoms with van der Waals surface area (Å²) in [4.78, 5) is 40.0. The summed E-state index contributed by atoms with van der Waals surface area (Å²) in [6, 6.07) is 6.35. The number of aromatic nitrogens is 1. The number of nitrogens with zero attached hydrogens (tertiary/aromatic N) is 1. The Morgan fingerprint density at radius 2 is 1.89 bits per heavy atom. The Balaban J connectivity index is 1.71. The molecule has 0 atom stereocenters. The van der Waals surface area contributed by atoms with Crippen molar-refractivity contribution in [3.05, 3.63) is 80.9 Å². The molecule has 136 valence electrons. The first kappa shape index (κ1) is 18.3. The monoisotopic (exact) mass is 383 g/mol. The molecule has 0 saturated carbocycles. The molecule has 3 rings (SSSR count).